The second kappa shape index (κ2) is 6.44. The molecule has 0 bridgehead atoms. The van der Waals surface area contributed by atoms with E-state index in [4.69, 9.17) is 0 Å². The van der Waals surface area contributed by atoms with Crippen molar-refractivity contribution in [2.75, 3.05) is 18.0 Å². The summed E-state index contributed by atoms with van der Waals surface area (Å²) in [5.74, 6) is -0.889. The molecule has 0 amide bonds. The van der Waals surface area contributed by atoms with Gasteiger partial charge in [-0.15, -0.1) is 0 Å². The molecule has 0 aliphatic heterocycles. The predicted molar refractivity (Wildman–Crippen MR) is 87.1 cm³/mol. The number of para-hydroxylation sites is 1. The Morgan fingerprint density at radius 1 is 1.05 bits per heavy atom. The number of anilines is 1. The molecule has 110 valence electrons. The SMILES string of the molecule is CCN(CC)c1ccccc1-c1cc(C)ccc1C(=O)O. The van der Waals surface area contributed by atoms with Gasteiger partial charge < -0.3 is 10.0 Å². The fourth-order valence-corrected chi connectivity index (χ4v) is 2.61. The van der Waals surface area contributed by atoms with Crippen molar-refractivity contribution < 1.29 is 9.90 Å². The molecular weight excluding hydrogens is 262 g/mol. The van der Waals surface area contributed by atoms with Crippen molar-refractivity contribution >= 4 is 11.7 Å². The lowest BCUT2D eigenvalue weighted by molar-refractivity contribution is 0.0698. The zero-order valence-electron chi connectivity index (χ0n) is 12.8. The number of aromatic carboxylic acids is 1. The normalized spacial score (nSPS) is 10.4. The molecule has 2 rings (SSSR count). The van der Waals surface area contributed by atoms with Crippen molar-refractivity contribution in [3.05, 3.63) is 53.6 Å². The summed E-state index contributed by atoms with van der Waals surface area (Å²) in [5.41, 5.74) is 4.24. The Kier molecular flexibility index (Phi) is 4.63. The van der Waals surface area contributed by atoms with E-state index in [0.29, 0.717) is 5.56 Å². The zero-order chi connectivity index (χ0) is 15.4. The van der Waals surface area contributed by atoms with Crippen molar-refractivity contribution in [1.29, 1.82) is 0 Å². The Hall–Kier alpha value is -2.29. The van der Waals surface area contributed by atoms with E-state index in [1.54, 1.807) is 6.07 Å². The molecule has 0 atom stereocenters. The molecule has 21 heavy (non-hydrogen) atoms. The van der Waals surface area contributed by atoms with Crippen molar-refractivity contribution in [3.8, 4) is 11.1 Å². The van der Waals surface area contributed by atoms with Crippen molar-refractivity contribution in [2.24, 2.45) is 0 Å². The number of carbonyl (C=O) groups is 1. The van der Waals surface area contributed by atoms with Crippen molar-refractivity contribution in [1.82, 2.24) is 0 Å². The van der Waals surface area contributed by atoms with Gasteiger partial charge in [-0.1, -0.05) is 35.9 Å². The number of carboxylic acids is 1. The molecular formula is C18H21NO2. The topological polar surface area (TPSA) is 40.5 Å². The molecule has 0 spiro atoms. The van der Waals surface area contributed by atoms with E-state index >= 15 is 0 Å². The average Bonchev–Trinajstić information content (AvgIpc) is 2.48. The Morgan fingerprint density at radius 2 is 1.71 bits per heavy atom. The van der Waals surface area contributed by atoms with E-state index < -0.39 is 5.97 Å². The van der Waals surface area contributed by atoms with Crippen molar-refractivity contribution in [2.45, 2.75) is 20.8 Å². The Balaban J connectivity index is 2.67. The summed E-state index contributed by atoms with van der Waals surface area (Å²) in [6.45, 7) is 7.97. The summed E-state index contributed by atoms with van der Waals surface area (Å²) >= 11 is 0. The first-order chi connectivity index (χ1) is 10.1. The quantitative estimate of drug-likeness (QED) is 0.893. The standard InChI is InChI=1S/C18H21NO2/c1-4-19(5-2)17-9-7-6-8-14(17)16-12-13(3)10-11-15(16)18(20)21/h6-12H,4-5H2,1-3H3,(H,20,21). The maximum absolute atomic E-state index is 11.5. The smallest absolute Gasteiger partial charge is 0.336 e. The summed E-state index contributed by atoms with van der Waals surface area (Å²) in [6, 6.07) is 13.5. The maximum Gasteiger partial charge on any atom is 0.336 e. The second-order valence-electron chi connectivity index (χ2n) is 5.04. The van der Waals surface area contributed by atoms with Crippen LogP contribution in [0.5, 0.6) is 0 Å². The number of carboxylic acid groups (broad SMARTS) is 1. The summed E-state index contributed by atoms with van der Waals surface area (Å²) in [5, 5.41) is 9.45. The highest BCUT2D eigenvalue weighted by atomic mass is 16.4. The maximum atomic E-state index is 11.5. The van der Waals surface area contributed by atoms with E-state index in [1.165, 1.54) is 0 Å². The minimum absolute atomic E-state index is 0.347. The van der Waals surface area contributed by atoms with Gasteiger partial charge in [0.2, 0.25) is 0 Å². The van der Waals surface area contributed by atoms with E-state index in [1.807, 2.05) is 37.3 Å². The Bertz CT molecular complexity index is 645. The summed E-state index contributed by atoms with van der Waals surface area (Å²) < 4.78 is 0. The van der Waals surface area contributed by atoms with Crippen LogP contribution in [0.2, 0.25) is 0 Å². The Morgan fingerprint density at radius 3 is 2.33 bits per heavy atom. The summed E-state index contributed by atoms with van der Waals surface area (Å²) in [6.07, 6.45) is 0. The second-order valence-corrected chi connectivity index (χ2v) is 5.04. The van der Waals surface area contributed by atoms with Crippen LogP contribution in [0.25, 0.3) is 11.1 Å². The molecule has 0 unspecified atom stereocenters. The number of hydrogen-bond donors (Lipinski definition) is 1. The largest absolute Gasteiger partial charge is 0.478 e. The van der Waals surface area contributed by atoms with Crippen LogP contribution in [0, 0.1) is 6.92 Å². The van der Waals surface area contributed by atoms with Gasteiger partial charge in [0.05, 0.1) is 5.56 Å². The molecule has 2 aromatic rings. The molecule has 0 aliphatic carbocycles. The minimum Gasteiger partial charge on any atom is -0.478 e. The number of hydrogen-bond acceptors (Lipinski definition) is 2. The number of benzene rings is 2. The molecule has 0 heterocycles. The lowest BCUT2D eigenvalue weighted by Gasteiger charge is -2.24. The van der Waals surface area contributed by atoms with Crippen LogP contribution in [0.1, 0.15) is 29.8 Å². The van der Waals surface area contributed by atoms with Gasteiger partial charge >= 0.3 is 5.97 Å². The molecule has 1 N–H and O–H groups in total. The molecule has 3 nitrogen and oxygen atoms in total. The molecule has 0 aliphatic rings. The van der Waals surface area contributed by atoms with Crippen LogP contribution in [-0.2, 0) is 0 Å². The third-order valence-electron chi connectivity index (χ3n) is 3.70. The fraction of sp³-hybridized carbons (Fsp3) is 0.278. The molecule has 0 aromatic heterocycles. The molecule has 3 heteroatoms. The van der Waals surface area contributed by atoms with Crippen molar-refractivity contribution in [3.63, 3.8) is 0 Å². The molecule has 0 radical (unpaired) electrons. The monoisotopic (exact) mass is 283 g/mol. The van der Waals surface area contributed by atoms with Crippen LogP contribution >= 0.6 is 0 Å². The van der Waals surface area contributed by atoms with Crippen LogP contribution in [-0.4, -0.2) is 24.2 Å². The van der Waals surface area contributed by atoms with E-state index in [-0.39, 0.29) is 0 Å². The van der Waals surface area contributed by atoms with Crippen LogP contribution in [0.15, 0.2) is 42.5 Å². The average molecular weight is 283 g/mol. The van der Waals surface area contributed by atoms with Crippen LogP contribution in [0.4, 0.5) is 5.69 Å². The fourth-order valence-electron chi connectivity index (χ4n) is 2.61. The van der Waals surface area contributed by atoms with Gasteiger partial charge in [-0.2, -0.15) is 0 Å². The lowest BCUT2D eigenvalue weighted by atomic mass is 9.95. The predicted octanol–water partition coefficient (Wildman–Crippen LogP) is 4.21. The Labute approximate surface area is 125 Å². The molecule has 0 saturated heterocycles. The van der Waals surface area contributed by atoms with E-state index in [0.717, 1.165) is 35.5 Å². The highest BCUT2D eigenvalue weighted by molar-refractivity contribution is 5.98. The van der Waals surface area contributed by atoms with Gasteiger partial charge in [0.1, 0.15) is 0 Å². The van der Waals surface area contributed by atoms with E-state index in [9.17, 15) is 9.90 Å². The first-order valence-corrected chi connectivity index (χ1v) is 7.26. The van der Waals surface area contributed by atoms with Gasteiger partial charge in [-0.05, 0) is 38.5 Å². The van der Waals surface area contributed by atoms with E-state index in [2.05, 4.69) is 24.8 Å². The highest BCUT2D eigenvalue weighted by Crippen LogP contribution is 2.33. The van der Waals surface area contributed by atoms with Gasteiger partial charge in [-0.3, -0.25) is 0 Å². The third kappa shape index (κ3) is 3.07. The molecule has 2 aromatic carbocycles. The van der Waals surface area contributed by atoms with Gasteiger partial charge in [0.25, 0.3) is 0 Å². The highest BCUT2D eigenvalue weighted by Gasteiger charge is 2.16. The summed E-state index contributed by atoms with van der Waals surface area (Å²) in [4.78, 5) is 13.8. The van der Waals surface area contributed by atoms with Crippen LogP contribution < -0.4 is 4.90 Å². The van der Waals surface area contributed by atoms with Gasteiger partial charge in [-0.25, -0.2) is 4.79 Å². The minimum atomic E-state index is -0.889. The number of rotatable bonds is 5. The van der Waals surface area contributed by atoms with Gasteiger partial charge in [0.15, 0.2) is 0 Å². The summed E-state index contributed by atoms with van der Waals surface area (Å²) in [7, 11) is 0. The zero-order valence-corrected chi connectivity index (χ0v) is 12.8. The molecule has 0 fully saturated rings. The first-order valence-electron chi connectivity index (χ1n) is 7.26. The first kappa shape index (κ1) is 15.1. The van der Waals surface area contributed by atoms with Gasteiger partial charge in [0, 0.05) is 24.3 Å². The van der Waals surface area contributed by atoms with Crippen LogP contribution in [0.3, 0.4) is 0 Å². The third-order valence-corrected chi connectivity index (χ3v) is 3.70. The number of aryl methyl sites for hydroxylation is 1. The molecule has 0 saturated carbocycles. The lowest BCUT2D eigenvalue weighted by Crippen LogP contribution is -2.22. The number of nitrogens with zero attached hydrogens (tertiary/aromatic N) is 1.